The molecule has 1 aliphatic heterocycles. The molecule has 2 fully saturated rings. The first-order valence-corrected chi connectivity index (χ1v) is 6.22. The average molecular weight is 236 g/mol. The molecule has 17 heavy (non-hydrogen) atoms. The molecule has 1 aromatic rings. The number of nitrogens with two attached hydrogens (primary N) is 1. The van der Waals surface area contributed by atoms with Crippen molar-refractivity contribution in [3.05, 3.63) is 11.8 Å². The van der Waals surface area contributed by atoms with Gasteiger partial charge >= 0.3 is 0 Å². The van der Waals surface area contributed by atoms with Gasteiger partial charge in [-0.05, 0) is 45.7 Å². The molecule has 0 aromatic carbocycles. The Morgan fingerprint density at radius 2 is 2.06 bits per heavy atom. The van der Waals surface area contributed by atoms with Crippen LogP contribution in [0.15, 0.2) is 6.20 Å². The third-order valence-electron chi connectivity index (χ3n) is 2.70. The summed E-state index contributed by atoms with van der Waals surface area (Å²) in [4.78, 5) is 7.85. The second-order valence-corrected chi connectivity index (χ2v) is 4.49. The third kappa shape index (κ3) is 4.19. The maximum Gasteiger partial charge on any atom is 0.223 e. The van der Waals surface area contributed by atoms with Gasteiger partial charge in [0.15, 0.2) is 0 Å². The molecule has 0 radical (unpaired) electrons. The number of nitrogens with zero attached hydrogens (tertiary/aromatic N) is 2. The number of nitrogen functional groups attached to an aromatic ring is 1. The summed E-state index contributed by atoms with van der Waals surface area (Å²) in [6.07, 6.45) is 7.07. The Morgan fingerprint density at radius 3 is 2.59 bits per heavy atom. The zero-order chi connectivity index (χ0) is 12.1. The third-order valence-corrected chi connectivity index (χ3v) is 2.70. The van der Waals surface area contributed by atoms with Crippen LogP contribution >= 0.6 is 0 Å². The lowest BCUT2D eigenvalue weighted by atomic mass is 10.4. The predicted molar refractivity (Wildman–Crippen MR) is 66.9 cm³/mol. The summed E-state index contributed by atoms with van der Waals surface area (Å²) in [5, 5.41) is 3.22. The minimum Gasteiger partial charge on any atom is -0.474 e. The molecule has 0 amide bonds. The first-order chi connectivity index (χ1) is 8.25. The maximum absolute atomic E-state index is 5.51. The van der Waals surface area contributed by atoms with E-state index in [-0.39, 0.29) is 5.95 Å². The average Bonchev–Trinajstić information content (AvgIpc) is 2.94. The van der Waals surface area contributed by atoms with Crippen molar-refractivity contribution in [2.75, 3.05) is 18.8 Å². The van der Waals surface area contributed by atoms with Crippen LogP contribution in [0.1, 0.15) is 31.2 Å². The van der Waals surface area contributed by atoms with E-state index in [2.05, 4.69) is 15.3 Å². The van der Waals surface area contributed by atoms with Gasteiger partial charge in [0.2, 0.25) is 11.8 Å². The van der Waals surface area contributed by atoms with Gasteiger partial charge < -0.3 is 15.8 Å². The van der Waals surface area contributed by atoms with Crippen molar-refractivity contribution in [1.29, 1.82) is 0 Å². The van der Waals surface area contributed by atoms with E-state index in [0.717, 1.165) is 18.4 Å². The molecule has 3 N–H and O–H groups in total. The van der Waals surface area contributed by atoms with Crippen molar-refractivity contribution < 1.29 is 4.74 Å². The number of ether oxygens (including phenoxy) is 1. The van der Waals surface area contributed by atoms with Crippen molar-refractivity contribution in [3.63, 3.8) is 0 Å². The fourth-order valence-electron chi connectivity index (χ4n) is 1.53. The zero-order valence-electron chi connectivity index (χ0n) is 10.3. The van der Waals surface area contributed by atoms with Crippen LogP contribution in [-0.2, 0) is 0 Å². The molecule has 0 bridgehead atoms. The van der Waals surface area contributed by atoms with Crippen LogP contribution in [0.5, 0.6) is 5.88 Å². The van der Waals surface area contributed by atoms with E-state index in [1.807, 2.05) is 6.92 Å². The number of aromatic nitrogens is 2. The molecule has 5 heteroatoms. The number of aryl methyl sites for hydroxylation is 1. The van der Waals surface area contributed by atoms with Crippen LogP contribution in [0.2, 0.25) is 0 Å². The summed E-state index contributed by atoms with van der Waals surface area (Å²) in [6.45, 7) is 4.41. The summed E-state index contributed by atoms with van der Waals surface area (Å²) in [5.74, 6) is 0.904. The Kier molecular flexibility index (Phi) is 4.14. The van der Waals surface area contributed by atoms with Crippen LogP contribution in [0.3, 0.4) is 0 Å². The van der Waals surface area contributed by atoms with Crippen molar-refractivity contribution in [1.82, 2.24) is 15.3 Å². The Labute approximate surface area is 102 Å². The van der Waals surface area contributed by atoms with Crippen LogP contribution in [0.25, 0.3) is 0 Å². The molecule has 1 saturated heterocycles. The van der Waals surface area contributed by atoms with Gasteiger partial charge in [-0.3, -0.25) is 0 Å². The Hall–Kier alpha value is -1.36. The van der Waals surface area contributed by atoms with Crippen LogP contribution in [-0.4, -0.2) is 29.2 Å². The molecule has 2 aliphatic rings. The van der Waals surface area contributed by atoms with Crippen LogP contribution < -0.4 is 15.8 Å². The van der Waals surface area contributed by atoms with E-state index in [1.54, 1.807) is 6.20 Å². The SMILES string of the molecule is C1CCNC1.Cc1cnc(N)nc1OC1CC1. The molecule has 0 unspecified atom stereocenters. The molecule has 1 saturated carbocycles. The molecule has 1 aliphatic carbocycles. The van der Waals surface area contributed by atoms with Crippen molar-refractivity contribution in [3.8, 4) is 5.88 Å². The normalized spacial score (nSPS) is 18.4. The second kappa shape index (κ2) is 5.82. The molecule has 5 nitrogen and oxygen atoms in total. The van der Waals surface area contributed by atoms with Crippen molar-refractivity contribution in [2.45, 2.75) is 38.7 Å². The van der Waals surface area contributed by atoms with Gasteiger partial charge in [-0.2, -0.15) is 4.98 Å². The van der Waals surface area contributed by atoms with Crippen LogP contribution in [0, 0.1) is 6.92 Å². The van der Waals surface area contributed by atoms with Gasteiger partial charge in [-0.15, -0.1) is 0 Å². The van der Waals surface area contributed by atoms with E-state index < -0.39 is 0 Å². The van der Waals surface area contributed by atoms with E-state index in [0.29, 0.717) is 12.0 Å². The van der Waals surface area contributed by atoms with Crippen molar-refractivity contribution in [2.24, 2.45) is 0 Å². The van der Waals surface area contributed by atoms with Gasteiger partial charge in [0, 0.05) is 11.8 Å². The Bertz CT molecular complexity index is 354. The lowest BCUT2D eigenvalue weighted by molar-refractivity contribution is 0.289. The number of anilines is 1. The summed E-state index contributed by atoms with van der Waals surface area (Å²) < 4.78 is 5.51. The standard InChI is InChI=1S/C8H11N3O.C4H9N/c1-5-4-10-8(9)11-7(5)12-6-2-3-6;1-2-4-5-3-1/h4,6H,2-3H2,1H3,(H2,9,10,11);5H,1-4H2. The highest BCUT2D eigenvalue weighted by Crippen LogP contribution is 2.27. The number of nitrogens with one attached hydrogen (secondary N) is 1. The Balaban J connectivity index is 0.000000181. The molecule has 2 heterocycles. The quantitative estimate of drug-likeness (QED) is 0.809. The van der Waals surface area contributed by atoms with E-state index in [9.17, 15) is 0 Å². The largest absolute Gasteiger partial charge is 0.474 e. The maximum atomic E-state index is 5.51. The first-order valence-electron chi connectivity index (χ1n) is 6.22. The first kappa shape index (κ1) is 12.1. The minimum absolute atomic E-state index is 0.274. The van der Waals surface area contributed by atoms with Gasteiger partial charge in [0.05, 0.1) is 0 Å². The fraction of sp³-hybridized carbons (Fsp3) is 0.667. The highest BCUT2D eigenvalue weighted by atomic mass is 16.5. The molecule has 94 valence electrons. The number of hydrogen-bond donors (Lipinski definition) is 2. The highest BCUT2D eigenvalue weighted by molar-refractivity contribution is 5.29. The molecule has 3 rings (SSSR count). The van der Waals surface area contributed by atoms with E-state index in [4.69, 9.17) is 10.5 Å². The lowest BCUT2D eigenvalue weighted by Gasteiger charge is -2.05. The summed E-state index contributed by atoms with van der Waals surface area (Å²) in [7, 11) is 0. The fourth-order valence-corrected chi connectivity index (χ4v) is 1.53. The summed E-state index contributed by atoms with van der Waals surface area (Å²) in [6, 6.07) is 0. The van der Waals surface area contributed by atoms with Gasteiger partial charge in [0.25, 0.3) is 0 Å². The molecule has 0 atom stereocenters. The summed E-state index contributed by atoms with van der Waals surface area (Å²) >= 11 is 0. The molecule has 1 aromatic heterocycles. The van der Waals surface area contributed by atoms with Gasteiger partial charge in [-0.25, -0.2) is 4.98 Å². The van der Waals surface area contributed by atoms with E-state index >= 15 is 0 Å². The zero-order valence-corrected chi connectivity index (χ0v) is 10.3. The number of rotatable bonds is 2. The second-order valence-electron chi connectivity index (χ2n) is 4.49. The molecular formula is C12H20N4O. The molecular weight excluding hydrogens is 216 g/mol. The van der Waals surface area contributed by atoms with E-state index in [1.165, 1.54) is 25.9 Å². The lowest BCUT2D eigenvalue weighted by Crippen LogP contribution is -2.03. The minimum atomic E-state index is 0.274. The number of hydrogen-bond acceptors (Lipinski definition) is 5. The Morgan fingerprint density at radius 1 is 1.35 bits per heavy atom. The van der Waals surface area contributed by atoms with Gasteiger partial charge in [-0.1, -0.05) is 0 Å². The smallest absolute Gasteiger partial charge is 0.223 e. The highest BCUT2D eigenvalue weighted by Gasteiger charge is 2.24. The van der Waals surface area contributed by atoms with Gasteiger partial charge in [0.1, 0.15) is 6.10 Å². The monoisotopic (exact) mass is 236 g/mol. The molecule has 0 spiro atoms. The predicted octanol–water partition coefficient (Wildman–Crippen LogP) is 1.28. The van der Waals surface area contributed by atoms with Crippen LogP contribution in [0.4, 0.5) is 5.95 Å². The summed E-state index contributed by atoms with van der Waals surface area (Å²) in [5.41, 5.74) is 6.36. The topological polar surface area (TPSA) is 73.1 Å². The van der Waals surface area contributed by atoms with Crippen molar-refractivity contribution >= 4 is 5.95 Å².